The van der Waals surface area contributed by atoms with Crippen molar-refractivity contribution in [3.8, 4) is 5.75 Å². The maximum Gasteiger partial charge on any atom is 0.326 e. The fourth-order valence-electron chi connectivity index (χ4n) is 2.11. The number of hydrogen-bond acceptors (Lipinski definition) is 4. The average molecular weight is 293 g/mol. The SMILES string of the molecule is CCOC(=O)C(C)(CCCOc1cccc(C)c1C)NC. The summed E-state index contributed by atoms with van der Waals surface area (Å²) in [5, 5.41) is 3.05. The summed E-state index contributed by atoms with van der Waals surface area (Å²) in [4.78, 5) is 11.9. The zero-order valence-electron chi connectivity index (χ0n) is 13.8. The number of hydrogen-bond donors (Lipinski definition) is 1. The Hall–Kier alpha value is -1.55. The zero-order chi connectivity index (χ0) is 15.9. The fourth-order valence-corrected chi connectivity index (χ4v) is 2.11. The molecule has 1 aromatic carbocycles. The van der Waals surface area contributed by atoms with Gasteiger partial charge in [0.2, 0.25) is 0 Å². The van der Waals surface area contributed by atoms with Crippen LogP contribution in [0, 0.1) is 13.8 Å². The lowest BCUT2D eigenvalue weighted by Crippen LogP contribution is -2.48. The quantitative estimate of drug-likeness (QED) is 0.591. The van der Waals surface area contributed by atoms with Crippen molar-refractivity contribution in [1.29, 1.82) is 0 Å². The number of rotatable bonds is 8. The van der Waals surface area contributed by atoms with Crippen LogP contribution in [0.1, 0.15) is 37.8 Å². The molecule has 0 aliphatic rings. The molecule has 0 aliphatic carbocycles. The Balaban J connectivity index is 2.49. The molecule has 0 aromatic heterocycles. The molecule has 1 N–H and O–H groups in total. The van der Waals surface area contributed by atoms with Crippen molar-refractivity contribution < 1.29 is 14.3 Å². The first-order valence-electron chi connectivity index (χ1n) is 7.49. The van der Waals surface area contributed by atoms with E-state index >= 15 is 0 Å². The van der Waals surface area contributed by atoms with Crippen LogP contribution in [0.25, 0.3) is 0 Å². The fraction of sp³-hybridized carbons (Fsp3) is 0.588. The van der Waals surface area contributed by atoms with E-state index in [0.29, 0.717) is 19.6 Å². The molecule has 0 amide bonds. The molecule has 1 atom stereocenters. The standard InChI is InChI=1S/C17H27NO3/c1-6-20-16(19)17(4,18-5)11-8-12-21-15-10-7-9-13(2)14(15)3/h7,9-10,18H,6,8,11-12H2,1-5H3. The highest BCUT2D eigenvalue weighted by molar-refractivity contribution is 5.80. The molecule has 21 heavy (non-hydrogen) atoms. The van der Waals surface area contributed by atoms with Gasteiger partial charge in [-0.3, -0.25) is 4.79 Å². The van der Waals surface area contributed by atoms with Crippen LogP contribution in [-0.4, -0.2) is 31.8 Å². The predicted molar refractivity (Wildman–Crippen MR) is 84.7 cm³/mol. The Kier molecular flexibility index (Phi) is 6.69. The lowest BCUT2D eigenvalue weighted by molar-refractivity contribution is -0.150. The van der Waals surface area contributed by atoms with Gasteiger partial charge < -0.3 is 14.8 Å². The van der Waals surface area contributed by atoms with E-state index in [2.05, 4.69) is 25.2 Å². The van der Waals surface area contributed by atoms with E-state index in [0.717, 1.165) is 12.2 Å². The summed E-state index contributed by atoms with van der Waals surface area (Å²) < 4.78 is 10.9. The van der Waals surface area contributed by atoms with Crippen molar-refractivity contribution in [1.82, 2.24) is 5.32 Å². The molecule has 4 nitrogen and oxygen atoms in total. The number of likely N-dealkylation sites (N-methyl/N-ethyl adjacent to an activating group) is 1. The van der Waals surface area contributed by atoms with E-state index in [1.165, 1.54) is 11.1 Å². The normalized spacial score (nSPS) is 13.6. The molecule has 118 valence electrons. The molecule has 0 radical (unpaired) electrons. The van der Waals surface area contributed by atoms with Gasteiger partial charge in [-0.05, 0) is 64.8 Å². The Morgan fingerprint density at radius 3 is 2.67 bits per heavy atom. The molecule has 0 spiro atoms. The second-order valence-electron chi connectivity index (χ2n) is 5.45. The third kappa shape index (κ3) is 4.74. The molecule has 1 rings (SSSR count). The average Bonchev–Trinajstić information content (AvgIpc) is 2.47. The van der Waals surface area contributed by atoms with Crippen LogP contribution in [0.5, 0.6) is 5.75 Å². The van der Waals surface area contributed by atoms with Crippen LogP contribution >= 0.6 is 0 Å². The number of carbonyl (C=O) groups excluding carboxylic acids is 1. The summed E-state index contributed by atoms with van der Waals surface area (Å²) in [5.41, 5.74) is 1.74. The van der Waals surface area contributed by atoms with E-state index in [9.17, 15) is 4.79 Å². The number of esters is 1. The Bertz CT molecular complexity index is 473. The molecular weight excluding hydrogens is 266 g/mol. The molecule has 0 saturated carbocycles. The molecule has 1 aromatic rings. The second kappa shape index (κ2) is 8.03. The summed E-state index contributed by atoms with van der Waals surface area (Å²) >= 11 is 0. The minimum Gasteiger partial charge on any atom is -0.493 e. The summed E-state index contributed by atoms with van der Waals surface area (Å²) in [6.07, 6.45) is 1.46. The third-order valence-corrected chi connectivity index (χ3v) is 3.91. The molecule has 0 saturated heterocycles. The maximum atomic E-state index is 11.9. The topological polar surface area (TPSA) is 47.6 Å². The highest BCUT2D eigenvalue weighted by Crippen LogP contribution is 2.21. The maximum absolute atomic E-state index is 11.9. The predicted octanol–water partition coefficient (Wildman–Crippen LogP) is 3.00. The minimum atomic E-state index is -0.652. The van der Waals surface area contributed by atoms with Crippen molar-refractivity contribution >= 4 is 5.97 Å². The number of nitrogens with one attached hydrogen (secondary N) is 1. The number of ether oxygens (including phenoxy) is 2. The van der Waals surface area contributed by atoms with Crippen molar-refractivity contribution in [2.45, 2.75) is 46.1 Å². The van der Waals surface area contributed by atoms with Gasteiger partial charge >= 0.3 is 5.97 Å². The van der Waals surface area contributed by atoms with Gasteiger partial charge in [0.15, 0.2) is 0 Å². The van der Waals surface area contributed by atoms with E-state index in [1.807, 2.05) is 26.0 Å². The van der Waals surface area contributed by atoms with Crippen molar-refractivity contribution in [3.05, 3.63) is 29.3 Å². The van der Waals surface area contributed by atoms with E-state index in [1.54, 1.807) is 7.05 Å². The van der Waals surface area contributed by atoms with Gasteiger partial charge in [-0.25, -0.2) is 0 Å². The van der Waals surface area contributed by atoms with Gasteiger partial charge in [-0.2, -0.15) is 0 Å². The van der Waals surface area contributed by atoms with E-state index in [-0.39, 0.29) is 5.97 Å². The first-order chi connectivity index (χ1) is 9.94. The highest BCUT2D eigenvalue weighted by Gasteiger charge is 2.32. The smallest absolute Gasteiger partial charge is 0.326 e. The molecule has 4 heteroatoms. The zero-order valence-corrected chi connectivity index (χ0v) is 13.8. The Morgan fingerprint density at radius 2 is 2.05 bits per heavy atom. The van der Waals surface area contributed by atoms with Crippen LogP contribution in [0.15, 0.2) is 18.2 Å². The molecule has 0 fully saturated rings. The molecular formula is C17H27NO3. The number of aryl methyl sites for hydroxylation is 1. The number of carbonyl (C=O) groups is 1. The van der Waals surface area contributed by atoms with Crippen LogP contribution < -0.4 is 10.1 Å². The van der Waals surface area contributed by atoms with Gasteiger partial charge in [0, 0.05) is 0 Å². The summed E-state index contributed by atoms with van der Waals surface area (Å²) in [6, 6.07) is 6.04. The first-order valence-corrected chi connectivity index (χ1v) is 7.49. The van der Waals surface area contributed by atoms with Gasteiger partial charge in [-0.15, -0.1) is 0 Å². The Morgan fingerprint density at radius 1 is 1.33 bits per heavy atom. The van der Waals surface area contributed by atoms with Crippen molar-refractivity contribution in [3.63, 3.8) is 0 Å². The molecule has 1 unspecified atom stereocenters. The van der Waals surface area contributed by atoms with Gasteiger partial charge in [0.05, 0.1) is 13.2 Å². The Labute approximate surface area is 127 Å². The van der Waals surface area contributed by atoms with Crippen molar-refractivity contribution in [2.24, 2.45) is 0 Å². The van der Waals surface area contributed by atoms with Crippen LogP contribution in [0.4, 0.5) is 0 Å². The van der Waals surface area contributed by atoms with E-state index < -0.39 is 5.54 Å². The summed E-state index contributed by atoms with van der Waals surface area (Å²) in [7, 11) is 1.78. The van der Waals surface area contributed by atoms with Crippen LogP contribution in [0.3, 0.4) is 0 Å². The lowest BCUT2D eigenvalue weighted by atomic mass is 9.96. The van der Waals surface area contributed by atoms with Crippen LogP contribution in [0.2, 0.25) is 0 Å². The molecule has 0 heterocycles. The molecule has 0 bridgehead atoms. The lowest BCUT2D eigenvalue weighted by Gasteiger charge is -2.26. The number of benzene rings is 1. The summed E-state index contributed by atoms with van der Waals surface area (Å²) in [5.74, 6) is 0.705. The van der Waals surface area contributed by atoms with Crippen molar-refractivity contribution in [2.75, 3.05) is 20.3 Å². The minimum absolute atomic E-state index is 0.209. The van der Waals surface area contributed by atoms with Gasteiger partial charge in [0.25, 0.3) is 0 Å². The molecule has 0 aliphatic heterocycles. The van der Waals surface area contributed by atoms with Gasteiger partial charge in [-0.1, -0.05) is 12.1 Å². The highest BCUT2D eigenvalue weighted by atomic mass is 16.5. The second-order valence-corrected chi connectivity index (χ2v) is 5.45. The third-order valence-electron chi connectivity index (χ3n) is 3.91. The summed E-state index contributed by atoms with van der Waals surface area (Å²) in [6.45, 7) is 8.79. The first kappa shape index (κ1) is 17.5. The largest absolute Gasteiger partial charge is 0.493 e. The van der Waals surface area contributed by atoms with E-state index in [4.69, 9.17) is 9.47 Å². The monoisotopic (exact) mass is 293 g/mol. The van der Waals surface area contributed by atoms with Gasteiger partial charge in [0.1, 0.15) is 11.3 Å². The van der Waals surface area contributed by atoms with Crippen LogP contribution in [-0.2, 0) is 9.53 Å².